The summed E-state index contributed by atoms with van der Waals surface area (Å²) in [5.41, 5.74) is -0.990. The molecule has 1 aliphatic heterocycles. The number of rotatable bonds is 3. The average molecular weight is 476 g/mol. The van der Waals surface area contributed by atoms with Crippen molar-refractivity contribution in [2.75, 3.05) is 31.1 Å². The molecule has 0 saturated carbocycles. The molecule has 0 atom stereocenters. The molecule has 0 radical (unpaired) electrons. The van der Waals surface area contributed by atoms with Crippen LogP contribution in [0.1, 0.15) is 15.9 Å². The van der Waals surface area contributed by atoms with Gasteiger partial charge >= 0.3 is 6.18 Å². The van der Waals surface area contributed by atoms with Gasteiger partial charge in [0.05, 0.1) is 21.7 Å². The van der Waals surface area contributed by atoms with Crippen molar-refractivity contribution in [3.63, 3.8) is 0 Å². The third-order valence-corrected chi connectivity index (χ3v) is 6.26. The molecule has 1 aliphatic rings. The minimum Gasteiger partial charge on any atom is -0.336 e. The van der Waals surface area contributed by atoms with Crippen LogP contribution in [0, 0.1) is 5.82 Å². The summed E-state index contributed by atoms with van der Waals surface area (Å²) in [6.45, 7) is 1.02. The van der Waals surface area contributed by atoms with Gasteiger partial charge in [-0.1, -0.05) is 6.07 Å². The molecule has 0 aliphatic carbocycles. The first-order valence-corrected chi connectivity index (χ1v) is 10.9. The fourth-order valence-corrected chi connectivity index (χ4v) is 4.48. The predicted octanol–water partition coefficient (Wildman–Crippen LogP) is 3.97. The van der Waals surface area contributed by atoms with Crippen LogP contribution in [0.15, 0.2) is 48.0 Å². The van der Waals surface area contributed by atoms with Crippen LogP contribution >= 0.6 is 11.3 Å². The summed E-state index contributed by atoms with van der Waals surface area (Å²) >= 11 is 1.56. The van der Waals surface area contributed by atoms with Gasteiger partial charge in [-0.25, -0.2) is 9.37 Å². The summed E-state index contributed by atoms with van der Waals surface area (Å²) in [5, 5.41) is 6.52. The van der Waals surface area contributed by atoms with E-state index in [1.807, 2.05) is 28.5 Å². The number of thiophene rings is 1. The number of piperazine rings is 1. The highest BCUT2D eigenvalue weighted by molar-refractivity contribution is 7.13. The van der Waals surface area contributed by atoms with Crippen molar-refractivity contribution in [1.29, 1.82) is 0 Å². The standard InChI is InChI=1S/C21H16F4N6OS/c22-13-3-4-14(15(12-13)21(23,24)25)18(32)29-7-9-30(10-8-29)20-27-19-26-6-5-16(31(19)28-20)17-2-1-11-33-17/h1-6,11-12H,7-10H2. The van der Waals surface area contributed by atoms with E-state index in [1.165, 1.54) is 4.90 Å². The van der Waals surface area contributed by atoms with Gasteiger partial charge in [0.1, 0.15) is 5.82 Å². The van der Waals surface area contributed by atoms with Gasteiger partial charge in [-0.3, -0.25) is 4.79 Å². The van der Waals surface area contributed by atoms with Crippen molar-refractivity contribution in [1.82, 2.24) is 24.5 Å². The van der Waals surface area contributed by atoms with E-state index in [9.17, 15) is 22.4 Å². The molecule has 1 fully saturated rings. The Balaban J connectivity index is 1.35. The zero-order valence-electron chi connectivity index (χ0n) is 17.0. The number of aromatic nitrogens is 4. The molecule has 170 valence electrons. The molecule has 1 saturated heterocycles. The second-order valence-electron chi connectivity index (χ2n) is 7.40. The second kappa shape index (κ2) is 8.10. The molecule has 33 heavy (non-hydrogen) atoms. The molecule has 4 heterocycles. The number of carbonyl (C=O) groups excluding carboxylic acids is 1. The maximum absolute atomic E-state index is 13.4. The van der Waals surface area contributed by atoms with E-state index in [4.69, 9.17) is 0 Å². The van der Waals surface area contributed by atoms with Crippen LogP contribution < -0.4 is 4.90 Å². The van der Waals surface area contributed by atoms with E-state index >= 15 is 0 Å². The predicted molar refractivity (Wildman–Crippen MR) is 114 cm³/mol. The minimum absolute atomic E-state index is 0.175. The molecular weight excluding hydrogens is 460 g/mol. The van der Waals surface area contributed by atoms with Crippen LogP contribution in [-0.4, -0.2) is 56.6 Å². The van der Waals surface area contributed by atoms with E-state index < -0.39 is 29.0 Å². The molecule has 0 unspecified atom stereocenters. The zero-order valence-corrected chi connectivity index (χ0v) is 17.8. The van der Waals surface area contributed by atoms with Crippen LogP contribution in [0.5, 0.6) is 0 Å². The summed E-state index contributed by atoms with van der Waals surface area (Å²) < 4.78 is 54.9. The van der Waals surface area contributed by atoms with Crippen molar-refractivity contribution in [3.8, 4) is 10.6 Å². The van der Waals surface area contributed by atoms with E-state index in [0.717, 1.165) is 22.7 Å². The Morgan fingerprint density at radius 3 is 2.55 bits per heavy atom. The third-order valence-electron chi connectivity index (χ3n) is 5.37. The number of hydrogen-bond donors (Lipinski definition) is 0. The Labute approximate surface area is 188 Å². The molecule has 1 amide bonds. The van der Waals surface area contributed by atoms with Crippen molar-refractivity contribution in [2.24, 2.45) is 0 Å². The highest BCUT2D eigenvalue weighted by atomic mass is 32.1. The second-order valence-corrected chi connectivity index (χ2v) is 8.35. The number of anilines is 1. The lowest BCUT2D eigenvalue weighted by molar-refractivity contribution is -0.138. The normalized spacial score (nSPS) is 14.8. The van der Waals surface area contributed by atoms with Crippen molar-refractivity contribution < 1.29 is 22.4 Å². The molecule has 1 aromatic carbocycles. The number of alkyl halides is 3. The van der Waals surface area contributed by atoms with Crippen LogP contribution in [0.2, 0.25) is 0 Å². The number of amides is 1. The van der Waals surface area contributed by atoms with Crippen LogP contribution in [0.3, 0.4) is 0 Å². The first-order chi connectivity index (χ1) is 15.8. The van der Waals surface area contributed by atoms with Gasteiger partial charge in [0.25, 0.3) is 11.7 Å². The lowest BCUT2D eigenvalue weighted by Crippen LogP contribution is -2.49. The van der Waals surface area contributed by atoms with E-state index in [1.54, 1.807) is 22.0 Å². The number of carbonyl (C=O) groups is 1. The highest BCUT2D eigenvalue weighted by Crippen LogP contribution is 2.33. The summed E-state index contributed by atoms with van der Waals surface area (Å²) in [4.78, 5) is 25.7. The first kappa shape index (κ1) is 21.3. The quantitative estimate of drug-likeness (QED) is 0.419. The number of benzene rings is 1. The van der Waals surface area contributed by atoms with E-state index in [-0.39, 0.29) is 13.1 Å². The SMILES string of the molecule is O=C(c1ccc(F)cc1C(F)(F)F)N1CCN(c2nc3nccc(-c4cccs4)n3n2)CC1. The van der Waals surface area contributed by atoms with Crippen molar-refractivity contribution in [3.05, 3.63) is 64.9 Å². The molecule has 7 nitrogen and oxygen atoms in total. The average Bonchev–Trinajstić information content (AvgIpc) is 3.48. The topological polar surface area (TPSA) is 66.6 Å². The monoisotopic (exact) mass is 476 g/mol. The Kier molecular flexibility index (Phi) is 5.23. The molecule has 5 rings (SSSR count). The van der Waals surface area contributed by atoms with Gasteiger partial charge in [0, 0.05) is 32.4 Å². The fourth-order valence-electron chi connectivity index (χ4n) is 3.75. The number of hydrogen-bond acceptors (Lipinski definition) is 6. The maximum Gasteiger partial charge on any atom is 0.417 e. The minimum atomic E-state index is -4.83. The van der Waals surface area contributed by atoms with Crippen molar-refractivity contribution in [2.45, 2.75) is 6.18 Å². The van der Waals surface area contributed by atoms with Crippen LogP contribution in [0.4, 0.5) is 23.5 Å². The molecule has 0 spiro atoms. The number of fused-ring (bicyclic) bond motifs is 1. The Morgan fingerprint density at radius 1 is 1.06 bits per heavy atom. The number of halogens is 4. The van der Waals surface area contributed by atoms with E-state index in [2.05, 4.69) is 15.1 Å². The molecule has 0 N–H and O–H groups in total. The highest BCUT2D eigenvalue weighted by Gasteiger charge is 2.37. The van der Waals surface area contributed by atoms with Gasteiger partial charge in [-0.2, -0.15) is 22.7 Å². The molecule has 4 aromatic rings. The van der Waals surface area contributed by atoms with Gasteiger partial charge in [0.15, 0.2) is 0 Å². The summed E-state index contributed by atoms with van der Waals surface area (Å²) in [6, 6.07) is 7.84. The maximum atomic E-state index is 13.4. The van der Waals surface area contributed by atoms with E-state index in [0.29, 0.717) is 30.9 Å². The van der Waals surface area contributed by atoms with Crippen LogP contribution in [-0.2, 0) is 6.18 Å². The molecular formula is C21H16F4N6OS. The Bertz CT molecular complexity index is 1310. The largest absolute Gasteiger partial charge is 0.417 e. The smallest absolute Gasteiger partial charge is 0.336 e. The summed E-state index contributed by atoms with van der Waals surface area (Å²) in [5.74, 6) is -0.976. The lowest BCUT2D eigenvalue weighted by Gasteiger charge is -2.34. The van der Waals surface area contributed by atoms with Gasteiger partial charge in [-0.05, 0) is 35.7 Å². The lowest BCUT2D eigenvalue weighted by atomic mass is 10.0. The van der Waals surface area contributed by atoms with Crippen molar-refractivity contribution >= 4 is 29.0 Å². The van der Waals surface area contributed by atoms with Gasteiger partial charge in [0.2, 0.25) is 5.95 Å². The summed E-state index contributed by atoms with van der Waals surface area (Å²) in [7, 11) is 0. The summed E-state index contributed by atoms with van der Waals surface area (Å²) in [6.07, 6.45) is -3.18. The van der Waals surface area contributed by atoms with Gasteiger partial charge in [-0.15, -0.1) is 16.4 Å². The first-order valence-electron chi connectivity index (χ1n) is 9.98. The Hall–Kier alpha value is -3.54. The zero-order chi connectivity index (χ0) is 23.2. The fraction of sp³-hybridized carbons (Fsp3) is 0.238. The van der Waals surface area contributed by atoms with Gasteiger partial charge < -0.3 is 9.80 Å². The molecule has 0 bridgehead atoms. The molecule has 12 heteroatoms. The third kappa shape index (κ3) is 4.01. The Morgan fingerprint density at radius 2 is 1.85 bits per heavy atom. The number of nitrogens with zero attached hydrogens (tertiary/aromatic N) is 6. The van der Waals surface area contributed by atoms with Crippen LogP contribution in [0.25, 0.3) is 16.3 Å². The molecule has 3 aromatic heterocycles.